The van der Waals surface area contributed by atoms with Crippen LogP contribution in [0, 0.1) is 17.8 Å². The number of nitrogens with zero attached hydrogens (tertiary/aromatic N) is 3. The van der Waals surface area contributed by atoms with Crippen molar-refractivity contribution in [2.45, 2.75) is 37.8 Å². The number of carbonyl (C=O) groups excluding carboxylic acids is 1. The van der Waals surface area contributed by atoms with E-state index in [0.717, 1.165) is 5.56 Å². The number of aromatic nitrogens is 1. The fourth-order valence-electron chi connectivity index (χ4n) is 3.50. The molecule has 0 fully saturated rings. The van der Waals surface area contributed by atoms with E-state index in [1.54, 1.807) is 49.5 Å². The van der Waals surface area contributed by atoms with Gasteiger partial charge in [0, 0.05) is 56.0 Å². The molecule has 3 atom stereocenters. The van der Waals surface area contributed by atoms with Crippen LogP contribution in [0.1, 0.15) is 31.9 Å². The summed E-state index contributed by atoms with van der Waals surface area (Å²) < 4.78 is 34.5. The quantitative estimate of drug-likeness (QED) is 0.682. The Balaban J connectivity index is 2.08. The summed E-state index contributed by atoms with van der Waals surface area (Å²) in [5.74, 6) is 5.85. The van der Waals surface area contributed by atoms with Crippen molar-refractivity contribution in [3.63, 3.8) is 0 Å². The lowest BCUT2D eigenvalue weighted by atomic mass is 10.0. The maximum atomic E-state index is 13.5. The maximum absolute atomic E-state index is 13.5. The van der Waals surface area contributed by atoms with Crippen LogP contribution in [0.15, 0.2) is 47.6 Å². The van der Waals surface area contributed by atoms with Gasteiger partial charge < -0.3 is 14.7 Å². The first kappa shape index (κ1) is 24.7. The van der Waals surface area contributed by atoms with Crippen LogP contribution in [0.2, 0.25) is 0 Å². The molecule has 2 heterocycles. The summed E-state index contributed by atoms with van der Waals surface area (Å²) in [6, 6.07) is 7.73. The number of likely N-dealkylation sites (N-methyl/N-ethyl adjacent to an activating group) is 1. The zero-order chi connectivity index (χ0) is 24.2. The smallest absolute Gasteiger partial charge is 0.247 e. The summed E-state index contributed by atoms with van der Waals surface area (Å²) in [6.07, 6.45) is 2.85. The summed E-state index contributed by atoms with van der Waals surface area (Å²) in [5, 5.41) is 9.71. The number of rotatable bonds is 4. The van der Waals surface area contributed by atoms with Gasteiger partial charge in [-0.2, -0.15) is 4.31 Å². The molecular weight excluding hydrogens is 442 g/mol. The number of carbonyl (C=O) groups is 1. The van der Waals surface area contributed by atoms with Crippen molar-refractivity contribution in [2.75, 3.05) is 26.7 Å². The lowest BCUT2D eigenvalue weighted by molar-refractivity contribution is -0.129. The maximum Gasteiger partial charge on any atom is 0.247 e. The second kappa shape index (κ2) is 10.3. The van der Waals surface area contributed by atoms with Crippen molar-refractivity contribution in [3.05, 3.63) is 53.9 Å². The Bertz CT molecular complexity index is 1160. The number of benzene rings is 1. The number of amides is 1. The molecule has 1 aromatic heterocycles. The van der Waals surface area contributed by atoms with E-state index in [4.69, 9.17) is 4.74 Å². The molecule has 1 aromatic carbocycles. The van der Waals surface area contributed by atoms with Crippen LogP contribution in [0.3, 0.4) is 0 Å². The van der Waals surface area contributed by atoms with Gasteiger partial charge in [-0.25, -0.2) is 8.42 Å². The zero-order valence-corrected chi connectivity index (χ0v) is 20.0. The fraction of sp³-hybridized carbons (Fsp3) is 0.417. The molecule has 2 aromatic rings. The van der Waals surface area contributed by atoms with Crippen LogP contribution >= 0.6 is 0 Å². The number of pyridine rings is 1. The van der Waals surface area contributed by atoms with Gasteiger partial charge in [0.1, 0.15) is 16.7 Å². The normalized spacial score (nSPS) is 20.8. The number of hydrogen-bond acceptors (Lipinski definition) is 6. The Hall–Kier alpha value is -2.93. The average Bonchev–Trinajstić information content (AvgIpc) is 2.79. The molecule has 0 bridgehead atoms. The van der Waals surface area contributed by atoms with E-state index in [2.05, 4.69) is 16.8 Å². The molecule has 1 aliphatic rings. The third-order valence-corrected chi connectivity index (χ3v) is 7.69. The molecule has 176 valence electrons. The van der Waals surface area contributed by atoms with E-state index in [0.29, 0.717) is 12.1 Å². The number of aliphatic hydroxyl groups excluding tert-OH is 1. The lowest BCUT2D eigenvalue weighted by Crippen LogP contribution is -2.50. The highest BCUT2D eigenvalue weighted by atomic mass is 32.2. The highest BCUT2D eigenvalue weighted by Crippen LogP contribution is 2.34. The molecule has 0 radical (unpaired) electrons. The van der Waals surface area contributed by atoms with Gasteiger partial charge in [0.15, 0.2) is 0 Å². The van der Waals surface area contributed by atoms with Gasteiger partial charge in [-0.3, -0.25) is 9.78 Å². The van der Waals surface area contributed by atoms with Gasteiger partial charge in [-0.15, -0.1) is 0 Å². The van der Waals surface area contributed by atoms with Gasteiger partial charge in [0.05, 0.1) is 13.2 Å². The number of hydrogen-bond donors (Lipinski definition) is 1. The van der Waals surface area contributed by atoms with Gasteiger partial charge >= 0.3 is 0 Å². The molecule has 8 nitrogen and oxygen atoms in total. The second-order valence-corrected chi connectivity index (χ2v) is 10.2. The fourth-order valence-corrected chi connectivity index (χ4v) is 5.33. The highest BCUT2D eigenvalue weighted by molar-refractivity contribution is 7.89. The Kier molecular flexibility index (Phi) is 7.74. The number of aliphatic hydroxyl groups is 1. The van der Waals surface area contributed by atoms with E-state index < -0.39 is 22.2 Å². The molecule has 9 heteroatoms. The second-order valence-electron chi connectivity index (χ2n) is 8.29. The summed E-state index contributed by atoms with van der Waals surface area (Å²) in [6.45, 7) is 5.15. The van der Waals surface area contributed by atoms with E-state index in [-0.39, 0.29) is 35.6 Å². The third-order valence-electron chi connectivity index (χ3n) is 5.67. The lowest BCUT2D eigenvalue weighted by Gasteiger charge is -2.37. The largest absolute Gasteiger partial charge is 0.487 e. The highest BCUT2D eigenvalue weighted by Gasteiger charge is 2.38. The predicted octanol–water partition coefficient (Wildman–Crippen LogP) is 1.73. The van der Waals surface area contributed by atoms with E-state index in [9.17, 15) is 18.3 Å². The molecule has 0 unspecified atom stereocenters. The number of ether oxygens (including phenoxy) is 1. The molecule has 0 saturated carbocycles. The average molecular weight is 472 g/mol. The van der Waals surface area contributed by atoms with Crippen LogP contribution in [-0.4, -0.2) is 72.5 Å². The Morgan fingerprint density at radius 1 is 1.33 bits per heavy atom. The number of sulfonamides is 1. The van der Waals surface area contributed by atoms with Crippen molar-refractivity contribution in [1.29, 1.82) is 0 Å². The standard InChI is InChI=1S/C24H29N3O5S/c1-17-14-27(18(2)16-28)33(30,31)24-10-9-20(7-8-21-6-5-11-25-13-21)12-22(24)32-23(17)15-26(4)19(3)29/h5-6,9-13,17-18,23,28H,14-16H2,1-4H3/t17-,18+,23+/m0/s1. The first-order valence-electron chi connectivity index (χ1n) is 10.7. The third kappa shape index (κ3) is 5.71. The Labute approximate surface area is 195 Å². The van der Waals surface area contributed by atoms with Crippen LogP contribution in [-0.2, 0) is 14.8 Å². The van der Waals surface area contributed by atoms with Gasteiger partial charge in [-0.1, -0.05) is 18.8 Å². The van der Waals surface area contributed by atoms with E-state index in [1.165, 1.54) is 17.3 Å². The topological polar surface area (TPSA) is 100 Å². The summed E-state index contributed by atoms with van der Waals surface area (Å²) in [7, 11) is -2.25. The Morgan fingerprint density at radius 2 is 2.06 bits per heavy atom. The van der Waals surface area contributed by atoms with Crippen molar-refractivity contribution in [1.82, 2.24) is 14.2 Å². The summed E-state index contributed by atoms with van der Waals surface area (Å²) in [4.78, 5) is 17.4. The number of fused-ring (bicyclic) bond motifs is 1. The zero-order valence-electron chi connectivity index (χ0n) is 19.2. The van der Waals surface area contributed by atoms with Crippen molar-refractivity contribution >= 4 is 15.9 Å². The molecule has 1 amide bonds. The van der Waals surface area contributed by atoms with Crippen LogP contribution in [0.4, 0.5) is 0 Å². The van der Waals surface area contributed by atoms with Crippen LogP contribution in [0.25, 0.3) is 0 Å². The Morgan fingerprint density at radius 3 is 2.70 bits per heavy atom. The molecule has 33 heavy (non-hydrogen) atoms. The summed E-state index contributed by atoms with van der Waals surface area (Å²) >= 11 is 0. The van der Waals surface area contributed by atoms with Crippen molar-refractivity contribution in [2.24, 2.45) is 5.92 Å². The van der Waals surface area contributed by atoms with E-state index >= 15 is 0 Å². The molecule has 0 aliphatic carbocycles. The molecule has 0 spiro atoms. The molecule has 0 saturated heterocycles. The minimum absolute atomic E-state index is 0.0112. The summed E-state index contributed by atoms with van der Waals surface area (Å²) in [5.41, 5.74) is 1.32. The van der Waals surface area contributed by atoms with Crippen molar-refractivity contribution in [3.8, 4) is 17.6 Å². The monoisotopic (exact) mass is 471 g/mol. The van der Waals surface area contributed by atoms with Crippen LogP contribution in [0.5, 0.6) is 5.75 Å². The van der Waals surface area contributed by atoms with Crippen LogP contribution < -0.4 is 4.74 Å². The molecular formula is C24H29N3O5S. The predicted molar refractivity (Wildman–Crippen MR) is 124 cm³/mol. The first-order valence-corrected chi connectivity index (χ1v) is 12.1. The first-order chi connectivity index (χ1) is 15.6. The van der Waals surface area contributed by atoms with Gasteiger partial charge in [0.25, 0.3) is 0 Å². The molecule has 1 N–H and O–H groups in total. The van der Waals surface area contributed by atoms with Gasteiger partial charge in [0.2, 0.25) is 15.9 Å². The van der Waals surface area contributed by atoms with E-state index in [1.807, 2.05) is 13.0 Å². The minimum atomic E-state index is -3.93. The molecule has 1 aliphatic heterocycles. The minimum Gasteiger partial charge on any atom is -0.487 e. The van der Waals surface area contributed by atoms with Crippen molar-refractivity contribution < 1.29 is 23.1 Å². The molecule has 3 rings (SSSR count). The van der Waals surface area contributed by atoms with Gasteiger partial charge in [-0.05, 0) is 37.3 Å². The SMILES string of the molecule is CC(=O)N(C)C[C@H]1Oc2cc(C#Cc3cccnc3)ccc2S(=O)(=O)N([C@H](C)CO)C[C@@H]1C.